The first-order valence-corrected chi connectivity index (χ1v) is 8.03. The van der Waals surface area contributed by atoms with Crippen LogP contribution < -0.4 is 10.2 Å². The number of anilines is 2. The monoisotopic (exact) mass is 306 g/mol. The summed E-state index contributed by atoms with van der Waals surface area (Å²) in [6, 6.07) is 15.0. The minimum atomic E-state index is -0.119. The molecule has 4 nitrogen and oxygen atoms in total. The van der Waals surface area contributed by atoms with Crippen molar-refractivity contribution >= 4 is 23.2 Å². The van der Waals surface area contributed by atoms with Gasteiger partial charge in [0.25, 0.3) is 5.91 Å². The molecular formula is C19H18N2O2. The van der Waals surface area contributed by atoms with Crippen LogP contribution in [-0.4, -0.2) is 18.4 Å². The maximum atomic E-state index is 12.4. The van der Waals surface area contributed by atoms with Crippen LogP contribution >= 0.6 is 0 Å². The van der Waals surface area contributed by atoms with Crippen LogP contribution in [0.3, 0.4) is 0 Å². The van der Waals surface area contributed by atoms with Gasteiger partial charge in [-0.2, -0.15) is 0 Å². The summed E-state index contributed by atoms with van der Waals surface area (Å²) in [5.74, 6) is 0.346. The van der Waals surface area contributed by atoms with Gasteiger partial charge in [0, 0.05) is 29.4 Å². The van der Waals surface area contributed by atoms with E-state index >= 15 is 0 Å². The van der Waals surface area contributed by atoms with E-state index in [2.05, 4.69) is 5.32 Å². The average molecular weight is 306 g/mol. The average Bonchev–Trinajstić information content (AvgIpc) is 3.34. The molecule has 0 saturated heterocycles. The Morgan fingerprint density at radius 1 is 1.04 bits per heavy atom. The van der Waals surface area contributed by atoms with Crippen molar-refractivity contribution in [1.29, 1.82) is 0 Å². The molecule has 0 unspecified atom stereocenters. The summed E-state index contributed by atoms with van der Waals surface area (Å²) < 4.78 is 0. The van der Waals surface area contributed by atoms with Crippen LogP contribution in [0, 0.1) is 5.92 Å². The molecule has 0 bridgehead atoms. The van der Waals surface area contributed by atoms with Crippen LogP contribution in [0.5, 0.6) is 0 Å². The van der Waals surface area contributed by atoms with E-state index < -0.39 is 0 Å². The van der Waals surface area contributed by atoms with Gasteiger partial charge in [0.1, 0.15) is 0 Å². The largest absolute Gasteiger partial charge is 0.322 e. The highest BCUT2D eigenvalue weighted by molar-refractivity contribution is 6.05. The van der Waals surface area contributed by atoms with E-state index in [1.165, 1.54) is 0 Å². The summed E-state index contributed by atoms with van der Waals surface area (Å²) in [5, 5.41) is 2.89. The summed E-state index contributed by atoms with van der Waals surface area (Å²) in [6.45, 7) is 0.731. The second-order valence-electron chi connectivity index (χ2n) is 6.18. The summed E-state index contributed by atoms with van der Waals surface area (Å²) in [6.07, 6.45) is 2.85. The van der Waals surface area contributed by atoms with E-state index in [4.69, 9.17) is 0 Å². The van der Waals surface area contributed by atoms with Crippen LogP contribution in [0.4, 0.5) is 11.4 Å². The minimum Gasteiger partial charge on any atom is -0.322 e. The van der Waals surface area contributed by atoms with E-state index in [-0.39, 0.29) is 17.7 Å². The molecule has 0 aromatic heterocycles. The molecule has 2 aliphatic rings. The molecule has 0 radical (unpaired) electrons. The van der Waals surface area contributed by atoms with Crippen molar-refractivity contribution in [2.75, 3.05) is 16.8 Å². The Morgan fingerprint density at radius 3 is 2.57 bits per heavy atom. The minimum absolute atomic E-state index is 0.119. The van der Waals surface area contributed by atoms with Gasteiger partial charge in [0.15, 0.2) is 0 Å². The molecule has 1 fully saturated rings. The number of fused-ring (bicyclic) bond motifs is 1. The van der Waals surface area contributed by atoms with Gasteiger partial charge >= 0.3 is 0 Å². The number of nitrogens with one attached hydrogen (secondary N) is 1. The fourth-order valence-electron chi connectivity index (χ4n) is 3.05. The topological polar surface area (TPSA) is 49.4 Å². The third-order valence-electron chi connectivity index (χ3n) is 4.46. The molecule has 1 N–H and O–H groups in total. The fourth-order valence-corrected chi connectivity index (χ4v) is 3.05. The smallest absolute Gasteiger partial charge is 0.255 e. The second-order valence-corrected chi connectivity index (χ2v) is 6.18. The first kappa shape index (κ1) is 14.0. The van der Waals surface area contributed by atoms with E-state index in [1.54, 1.807) is 6.07 Å². The molecule has 23 heavy (non-hydrogen) atoms. The SMILES string of the molecule is O=C(Nc1ccccc1)c1ccc2c(c1)CCN2C(=O)C1CC1. The Kier molecular flexibility index (Phi) is 3.37. The standard InChI is InChI=1S/C19H18N2O2/c22-18(20-16-4-2-1-3-5-16)15-8-9-17-14(12-15)10-11-21(17)19(23)13-6-7-13/h1-5,8-9,12-13H,6-7,10-11H2,(H,20,22). The maximum absolute atomic E-state index is 12.4. The van der Waals surface area contributed by atoms with Gasteiger partial charge in [-0.25, -0.2) is 0 Å². The van der Waals surface area contributed by atoms with Crippen LogP contribution in [0.15, 0.2) is 48.5 Å². The van der Waals surface area contributed by atoms with Gasteiger partial charge in [0.05, 0.1) is 0 Å². The molecule has 2 aromatic rings. The number of carbonyl (C=O) groups is 2. The van der Waals surface area contributed by atoms with E-state index in [0.717, 1.165) is 42.7 Å². The number of hydrogen-bond donors (Lipinski definition) is 1. The lowest BCUT2D eigenvalue weighted by Crippen LogP contribution is -2.30. The molecule has 116 valence electrons. The van der Waals surface area contributed by atoms with Crippen LogP contribution in [-0.2, 0) is 11.2 Å². The molecule has 4 rings (SSSR count). The third-order valence-corrected chi connectivity index (χ3v) is 4.46. The van der Waals surface area contributed by atoms with E-state index in [9.17, 15) is 9.59 Å². The van der Waals surface area contributed by atoms with Gasteiger partial charge in [-0.05, 0) is 55.2 Å². The van der Waals surface area contributed by atoms with Crippen LogP contribution in [0.1, 0.15) is 28.8 Å². The van der Waals surface area contributed by atoms with Crippen molar-refractivity contribution in [2.24, 2.45) is 5.92 Å². The highest BCUT2D eigenvalue weighted by Crippen LogP contribution is 2.36. The molecule has 1 aliphatic carbocycles. The number of nitrogens with zero attached hydrogens (tertiary/aromatic N) is 1. The van der Waals surface area contributed by atoms with E-state index in [0.29, 0.717) is 5.56 Å². The van der Waals surface area contributed by atoms with Crippen molar-refractivity contribution in [2.45, 2.75) is 19.3 Å². The van der Waals surface area contributed by atoms with Crippen molar-refractivity contribution in [3.8, 4) is 0 Å². The molecule has 0 spiro atoms. The van der Waals surface area contributed by atoms with E-state index in [1.807, 2.05) is 47.4 Å². The van der Waals surface area contributed by atoms with Gasteiger partial charge in [-0.1, -0.05) is 18.2 Å². The van der Waals surface area contributed by atoms with Gasteiger partial charge < -0.3 is 10.2 Å². The molecule has 1 saturated carbocycles. The molecule has 2 aromatic carbocycles. The fraction of sp³-hybridized carbons (Fsp3) is 0.263. The van der Waals surface area contributed by atoms with Gasteiger partial charge in [-0.15, -0.1) is 0 Å². The Morgan fingerprint density at radius 2 is 1.83 bits per heavy atom. The molecule has 4 heteroatoms. The zero-order valence-electron chi connectivity index (χ0n) is 12.8. The molecule has 0 atom stereocenters. The lowest BCUT2D eigenvalue weighted by molar-refractivity contribution is -0.119. The third kappa shape index (κ3) is 2.72. The Hall–Kier alpha value is -2.62. The molecule has 1 heterocycles. The number of carbonyl (C=O) groups excluding carboxylic acids is 2. The van der Waals surface area contributed by atoms with Crippen molar-refractivity contribution in [1.82, 2.24) is 0 Å². The predicted molar refractivity (Wildman–Crippen MR) is 89.6 cm³/mol. The number of rotatable bonds is 3. The lowest BCUT2D eigenvalue weighted by Gasteiger charge is -2.17. The summed E-state index contributed by atoms with van der Waals surface area (Å²) in [4.78, 5) is 26.5. The van der Waals surface area contributed by atoms with Crippen molar-refractivity contribution in [3.63, 3.8) is 0 Å². The number of amides is 2. The lowest BCUT2D eigenvalue weighted by atomic mass is 10.1. The highest BCUT2D eigenvalue weighted by Gasteiger charge is 2.36. The number of para-hydroxylation sites is 1. The van der Waals surface area contributed by atoms with Crippen molar-refractivity contribution in [3.05, 3.63) is 59.7 Å². The Balaban J connectivity index is 1.53. The van der Waals surface area contributed by atoms with Crippen molar-refractivity contribution < 1.29 is 9.59 Å². The summed E-state index contributed by atoms with van der Waals surface area (Å²) in [5.41, 5.74) is 3.47. The normalized spacial score (nSPS) is 16.1. The van der Waals surface area contributed by atoms with Crippen LogP contribution in [0.2, 0.25) is 0 Å². The maximum Gasteiger partial charge on any atom is 0.255 e. The van der Waals surface area contributed by atoms with Crippen LogP contribution in [0.25, 0.3) is 0 Å². The Labute approximate surface area is 135 Å². The molecule has 2 amide bonds. The second kappa shape index (κ2) is 5.54. The first-order valence-electron chi connectivity index (χ1n) is 8.03. The summed E-state index contributed by atoms with van der Waals surface area (Å²) in [7, 11) is 0. The highest BCUT2D eigenvalue weighted by atomic mass is 16.2. The number of hydrogen-bond acceptors (Lipinski definition) is 2. The predicted octanol–water partition coefficient (Wildman–Crippen LogP) is 3.24. The number of benzene rings is 2. The quantitative estimate of drug-likeness (QED) is 0.946. The zero-order chi connectivity index (χ0) is 15.8. The van der Waals surface area contributed by atoms with Gasteiger partial charge in [-0.3, -0.25) is 9.59 Å². The first-order chi connectivity index (χ1) is 11.2. The Bertz CT molecular complexity index is 766. The van der Waals surface area contributed by atoms with Gasteiger partial charge in [0.2, 0.25) is 5.91 Å². The molecule has 1 aliphatic heterocycles. The summed E-state index contributed by atoms with van der Waals surface area (Å²) >= 11 is 0. The zero-order valence-corrected chi connectivity index (χ0v) is 12.8. The molecular weight excluding hydrogens is 288 g/mol.